The monoisotopic (exact) mass is 1270 g/mol. The molecule has 2 unspecified atom stereocenters. The SMILES string of the molecule is C=C1C#CC(=O)NCCOCCOCCC(=O)Oc2ccc(C[C@@H](CC(C)C(=O)O)NC(=O)c3csc([C@@H](C[C@H](C(C)C)N(C)C(=O)[C@@H](NC(=O)C(C)(C)N(C)C)[C@@H](C)CC)OC(C)=O)n3)cc2NC(=O)CNC(=O)C(C)NC(=O)CCOCCOCCN1. The summed E-state index contributed by atoms with van der Waals surface area (Å²) >= 11 is 1.05. The first-order valence-electron chi connectivity index (χ1n) is 29.7. The minimum absolute atomic E-state index is 0.0221. The summed E-state index contributed by atoms with van der Waals surface area (Å²) in [6.45, 7) is 20.1. The van der Waals surface area contributed by atoms with E-state index in [2.05, 4.69) is 60.6 Å². The third-order valence-electron chi connectivity index (χ3n) is 14.6. The molecule has 0 bridgehead atoms. The summed E-state index contributed by atoms with van der Waals surface area (Å²) in [5, 5.41) is 30.8. The van der Waals surface area contributed by atoms with Gasteiger partial charge in [-0.3, -0.25) is 52.8 Å². The van der Waals surface area contributed by atoms with Crippen molar-refractivity contribution in [2.75, 3.05) is 98.9 Å². The highest BCUT2D eigenvalue weighted by Gasteiger charge is 2.39. The number of carboxylic acid groups (broad SMARTS) is 1. The number of aromatic nitrogens is 1. The van der Waals surface area contributed by atoms with E-state index in [1.165, 1.54) is 38.3 Å². The third-order valence-corrected chi connectivity index (χ3v) is 15.5. The predicted molar refractivity (Wildman–Crippen MR) is 330 cm³/mol. The van der Waals surface area contributed by atoms with Gasteiger partial charge < -0.3 is 75.6 Å². The standard InChI is InChI=1S/C61H92N10O17S/c1-14-38(4)54(69-60(82)61(9,10)70(11)12)58(79)71(13)47(37(2)3)34-49(87-42(8)72)57-68-46(36-89-57)56(78)66-44(31-39(5)59(80)81)32-43-16-17-48-45(33-43)67-52(75)35-64-55(77)41(7)65-51(74)19-23-83-27-29-85-25-21-62-40(6)15-18-50(73)63-22-26-86-30-28-84-24-20-53(76)88-48/h16-17,33,36-39,41,44,47,49,54,62H,6,14,19-32,34-35H2,1-5,7-13H3,(H,63,73)(H,64,77)(H,65,74)(H,66,78)(H,67,75)(H,69,82)(H,80,81)/t38-,39?,41?,44+,47+,49+,54-/m0/s1. The number of nitrogens with zero attached hydrogens (tertiary/aromatic N) is 3. The molecule has 0 radical (unpaired) electrons. The van der Waals surface area contributed by atoms with Crippen LogP contribution < -0.4 is 42.0 Å². The number of carbonyl (C=O) groups excluding carboxylic acids is 9. The number of nitrogens with one attached hydrogen (secondary N) is 7. The summed E-state index contributed by atoms with van der Waals surface area (Å²) in [7, 11) is 5.19. The molecule has 3 rings (SSSR count). The van der Waals surface area contributed by atoms with Crippen molar-refractivity contribution in [3.05, 3.63) is 52.1 Å². The average molecular weight is 1270 g/mol. The van der Waals surface area contributed by atoms with Crippen molar-refractivity contribution >= 4 is 76.3 Å². The number of thiazole rings is 1. The molecule has 0 fully saturated rings. The van der Waals surface area contributed by atoms with Crippen LogP contribution in [0.1, 0.15) is 122 Å². The van der Waals surface area contributed by atoms with Crippen molar-refractivity contribution in [3.8, 4) is 17.6 Å². The van der Waals surface area contributed by atoms with E-state index in [9.17, 15) is 53.1 Å². The van der Waals surface area contributed by atoms with Gasteiger partial charge >= 0.3 is 17.9 Å². The maximum atomic E-state index is 14.4. The first kappa shape index (κ1) is 75.7. The Morgan fingerprint density at radius 3 is 2.09 bits per heavy atom. The molecule has 0 saturated heterocycles. The molecule has 2 aromatic rings. The van der Waals surface area contributed by atoms with Crippen LogP contribution in [0, 0.1) is 29.6 Å². The molecule has 1 aliphatic heterocycles. The molecule has 494 valence electrons. The molecule has 1 aliphatic rings. The summed E-state index contributed by atoms with van der Waals surface area (Å²) in [6, 6.07) is 1.08. The first-order valence-corrected chi connectivity index (χ1v) is 30.6. The van der Waals surface area contributed by atoms with E-state index in [0.717, 1.165) is 11.3 Å². The number of carbonyl (C=O) groups is 10. The molecule has 1 aromatic heterocycles. The first-order chi connectivity index (χ1) is 42.0. The summed E-state index contributed by atoms with van der Waals surface area (Å²) in [6.07, 6.45) is -0.743. The number of aliphatic carboxylic acids is 1. The van der Waals surface area contributed by atoms with Gasteiger partial charge in [-0.15, -0.1) is 11.3 Å². The molecule has 0 aliphatic carbocycles. The lowest BCUT2D eigenvalue weighted by molar-refractivity contribution is -0.149. The highest BCUT2D eigenvalue weighted by atomic mass is 32.1. The number of anilines is 1. The minimum atomic E-state index is -1.14. The van der Waals surface area contributed by atoms with Gasteiger partial charge in [0, 0.05) is 63.3 Å². The number of hydrogen-bond donors (Lipinski definition) is 8. The fraction of sp³-hybridized carbons (Fsp3) is 0.623. The lowest BCUT2D eigenvalue weighted by Gasteiger charge is -2.38. The normalized spacial score (nSPS) is 18.5. The maximum absolute atomic E-state index is 14.4. The zero-order valence-electron chi connectivity index (χ0n) is 53.4. The van der Waals surface area contributed by atoms with Gasteiger partial charge in [-0.25, -0.2) is 4.98 Å². The molecule has 7 atom stereocenters. The van der Waals surface area contributed by atoms with E-state index in [0.29, 0.717) is 24.2 Å². The van der Waals surface area contributed by atoms with Crippen LogP contribution in [0.15, 0.2) is 35.9 Å². The highest BCUT2D eigenvalue weighted by molar-refractivity contribution is 7.09. The lowest BCUT2D eigenvalue weighted by atomic mass is 9.92. The molecule has 7 amide bonds. The summed E-state index contributed by atoms with van der Waals surface area (Å²) < 4.78 is 33.5. The highest BCUT2D eigenvalue weighted by Crippen LogP contribution is 2.32. The number of rotatable bonds is 19. The van der Waals surface area contributed by atoms with Crippen LogP contribution >= 0.6 is 11.3 Å². The molecule has 0 saturated carbocycles. The average Bonchev–Trinajstić information content (AvgIpc) is 2.51. The second-order valence-corrected chi connectivity index (χ2v) is 23.4. The Bertz CT molecular complexity index is 2800. The number of hydrogen-bond acceptors (Lipinski definition) is 20. The lowest BCUT2D eigenvalue weighted by Crippen LogP contribution is -2.60. The van der Waals surface area contributed by atoms with E-state index in [4.69, 9.17) is 28.4 Å². The van der Waals surface area contributed by atoms with Crippen LogP contribution in [0.2, 0.25) is 0 Å². The Labute approximate surface area is 525 Å². The quantitative estimate of drug-likeness (QED) is 0.0569. The number of fused-ring (bicyclic) bond motifs is 1. The van der Waals surface area contributed by atoms with Crippen LogP contribution in [0.4, 0.5) is 5.69 Å². The van der Waals surface area contributed by atoms with Crippen molar-refractivity contribution < 1.29 is 81.5 Å². The van der Waals surface area contributed by atoms with Crippen LogP contribution in [0.5, 0.6) is 5.75 Å². The van der Waals surface area contributed by atoms with Crippen molar-refractivity contribution in [1.29, 1.82) is 0 Å². The number of allylic oxidation sites excluding steroid dienone is 1. The molecule has 0 spiro atoms. The molecule has 1 aromatic carbocycles. The number of ether oxygens (including phenoxy) is 6. The molecule has 8 N–H and O–H groups in total. The Hall–Kier alpha value is -7.55. The van der Waals surface area contributed by atoms with Gasteiger partial charge in [-0.2, -0.15) is 0 Å². The van der Waals surface area contributed by atoms with Crippen molar-refractivity contribution in [3.63, 3.8) is 0 Å². The van der Waals surface area contributed by atoms with Gasteiger partial charge in [-0.1, -0.05) is 53.7 Å². The number of benzene rings is 1. The number of carboxylic acids is 1. The van der Waals surface area contributed by atoms with Gasteiger partial charge in [0.1, 0.15) is 22.8 Å². The van der Waals surface area contributed by atoms with Crippen molar-refractivity contribution in [2.45, 2.75) is 137 Å². The molecular weight excluding hydrogens is 1180 g/mol. The number of amides is 7. The topological polar surface area (TPSA) is 350 Å². The second kappa shape index (κ2) is 38.8. The Balaban J connectivity index is 1.88. The third kappa shape index (κ3) is 27.4. The minimum Gasteiger partial charge on any atom is -0.481 e. The fourth-order valence-corrected chi connectivity index (χ4v) is 9.38. The van der Waals surface area contributed by atoms with E-state index in [1.807, 2.05) is 27.7 Å². The molecule has 27 nitrogen and oxygen atoms in total. The molecule has 28 heteroatoms. The predicted octanol–water partition coefficient (Wildman–Crippen LogP) is 2.49. The summed E-state index contributed by atoms with van der Waals surface area (Å²) in [5.74, 6) is -2.77. The van der Waals surface area contributed by atoms with Crippen molar-refractivity contribution in [1.82, 2.24) is 46.7 Å². The molecule has 89 heavy (non-hydrogen) atoms. The number of esters is 2. The molecular formula is C61H92N10O17S. The van der Waals surface area contributed by atoms with Gasteiger partial charge in [0.2, 0.25) is 29.5 Å². The van der Waals surface area contributed by atoms with Crippen LogP contribution in [-0.2, 0) is 73.3 Å². The Morgan fingerprint density at radius 1 is 0.854 bits per heavy atom. The summed E-state index contributed by atoms with van der Waals surface area (Å²) in [4.78, 5) is 139. The van der Waals surface area contributed by atoms with Crippen LogP contribution in [0.25, 0.3) is 0 Å². The van der Waals surface area contributed by atoms with E-state index < -0.39 is 95.7 Å². The number of likely N-dealkylation sites (N-methyl/N-ethyl adjacent to an activating group) is 2. The van der Waals surface area contributed by atoms with Gasteiger partial charge in [0.15, 0.2) is 11.9 Å². The smallest absolute Gasteiger partial charge is 0.313 e. The summed E-state index contributed by atoms with van der Waals surface area (Å²) in [5.41, 5.74) is -0.257. The van der Waals surface area contributed by atoms with E-state index >= 15 is 0 Å². The molecule has 2 heterocycles. The van der Waals surface area contributed by atoms with E-state index in [-0.39, 0.29) is 137 Å². The Morgan fingerprint density at radius 2 is 1.48 bits per heavy atom. The van der Waals surface area contributed by atoms with Crippen LogP contribution in [-0.4, -0.2) is 202 Å². The second-order valence-electron chi connectivity index (χ2n) is 22.5. The van der Waals surface area contributed by atoms with E-state index in [1.54, 1.807) is 50.9 Å². The zero-order chi connectivity index (χ0) is 66.4. The van der Waals surface area contributed by atoms with Gasteiger partial charge in [0.05, 0.1) is 88.7 Å². The Kier molecular flexibility index (Phi) is 33.0. The van der Waals surface area contributed by atoms with Crippen molar-refractivity contribution in [2.24, 2.45) is 17.8 Å². The van der Waals surface area contributed by atoms with Crippen LogP contribution in [0.3, 0.4) is 0 Å². The maximum Gasteiger partial charge on any atom is 0.313 e. The zero-order valence-corrected chi connectivity index (χ0v) is 54.2. The fourth-order valence-electron chi connectivity index (χ4n) is 8.54. The van der Waals surface area contributed by atoms with Gasteiger partial charge in [0.25, 0.3) is 11.8 Å². The van der Waals surface area contributed by atoms with Gasteiger partial charge in [-0.05, 0) is 83.2 Å². The largest absolute Gasteiger partial charge is 0.481 e.